The average Bonchev–Trinajstić information content (AvgIpc) is 2.41. The lowest BCUT2D eigenvalue weighted by atomic mass is 9.78. The molecule has 1 unspecified atom stereocenters. The van der Waals surface area contributed by atoms with E-state index in [0.717, 1.165) is 13.0 Å². The molecule has 1 atom stereocenters. The minimum Gasteiger partial charge on any atom is -0.465 e. The van der Waals surface area contributed by atoms with Crippen LogP contribution in [0.2, 0.25) is 0 Å². The molecule has 2 N–H and O–H groups in total. The molecular weight excluding hydrogens is 252 g/mol. The van der Waals surface area contributed by atoms with Gasteiger partial charge in [0.15, 0.2) is 0 Å². The van der Waals surface area contributed by atoms with Crippen molar-refractivity contribution in [1.29, 1.82) is 0 Å². The van der Waals surface area contributed by atoms with Gasteiger partial charge in [0.25, 0.3) is 0 Å². The molecule has 1 aliphatic heterocycles. The lowest BCUT2D eigenvalue weighted by molar-refractivity contribution is -0.149. The number of rotatable bonds is 7. The number of carbonyl (C=O) groups is 1. The summed E-state index contributed by atoms with van der Waals surface area (Å²) in [6.45, 7) is 12.0. The van der Waals surface area contributed by atoms with Crippen molar-refractivity contribution < 1.29 is 9.53 Å². The SMILES string of the molecule is CCOC(=O)C(C)(N)CCCN1CCC(C)(CC)CC1. The molecule has 4 heteroatoms. The number of nitrogens with zero attached hydrogens (tertiary/aromatic N) is 1. The molecule has 4 nitrogen and oxygen atoms in total. The molecule has 0 aliphatic carbocycles. The van der Waals surface area contributed by atoms with Gasteiger partial charge in [-0.3, -0.25) is 4.79 Å². The monoisotopic (exact) mass is 284 g/mol. The number of likely N-dealkylation sites (tertiary alicyclic amines) is 1. The van der Waals surface area contributed by atoms with Crippen LogP contribution in [0.15, 0.2) is 0 Å². The van der Waals surface area contributed by atoms with E-state index in [4.69, 9.17) is 10.5 Å². The van der Waals surface area contributed by atoms with Gasteiger partial charge in [-0.05, 0) is 64.6 Å². The molecule has 0 radical (unpaired) electrons. The zero-order valence-electron chi connectivity index (χ0n) is 13.7. The quantitative estimate of drug-likeness (QED) is 0.730. The van der Waals surface area contributed by atoms with Gasteiger partial charge in [0.1, 0.15) is 5.54 Å². The Hall–Kier alpha value is -0.610. The van der Waals surface area contributed by atoms with E-state index in [-0.39, 0.29) is 5.97 Å². The highest BCUT2D eigenvalue weighted by Gasteiger charge is 2.31. The van der Waals surface area contributed by atoms with Gasteiger partial charge >= 0.3 is 5.97 Å². The molecule has 1 heterocycles. The predicted octanol–water partition coefficient (Wildman–Crippen LogP) is 2.56. The Morgan fingerprint density at radius 1 is 1.35 bits per heavy atom. The van der Waals surface area contributed by atoms with Crippen LogP contribution < -0.4 is 5.73 Å². The highest BCUT2D eigenvalue weighted by Crippen LogP contribution is 2.33. The van der Waals surface area contributed by atoms with Crippen molar-refractivity contribution in [2.24, 2.45) is 11.1 Å². The Kier molecular flexibility index (Phi) is 6.46. The largest absolute Gasteiger partial charge is 0.465 e. The van der Waals surface area contributed by atoms with E-state index in [0.29, 0.717) is 18.4 Å². The second-order valence-corrected chi connectivity index (χ2v) is 6.75. The molecule has 1 aliphatic rings. The number of hydrogen-bond acceptors (Lipinski definition) is 4. The van der Waals surface area contributed by atoms with Gasteiger partial charge in [-0.25, -0.2) is 0 Å². The van der Waals surface area contributed by atoms with Crippen molar-refractivity contribution in [2.45, 2.75) is 65.3 Å². The molecule has 0 aromatic heterocycles. The van der Waals surface area contributed by atoms with Gasteiger partial charge < -0.3 is 15.4 Å². The summed E-state index contributed by atoms with van der Waals surface area (Å²) < 4.78 is 5.01. The highest BCUT2D eigenvalue weighted by atomic mass is 16.5. The third kappa shape index (κ3) is 5.06. The van der Waals surface area contributed by atoms with E-state index in [9.17, 15) is 4.79 Å². The van der Waals surface area contributed by atoms with E-state index < -0.39 is 5.54 Å². The Morgan fingerprint density at radius 2 is 1.95 bits per heavy atom. The van der Waals surface area contributed by atoms with Gasteiger partial charge in [0.05, 0.1) is 6.61 Å². The van der Waals surface area contributed by atoms with Crippen molar-refractivity contribution >= 4 is 5.97 Å². The maximum atomic E-state index is 11.7. The van der Waals surface area contributed by atoms with Crippen LogP contribution in [0.4, 0.5) is 0 Å². The first-order valence-corrected chi connectivity index (χ1v) is 8.01. The van der Waals surface area contributed by atoms with E-state index in [2.05, 4.69) is 18.7 Å². The van der Waals surface area contributed by atoms with Crippen LogP contribution in [0.1, 0.15) is 59.8 Å². The third-order valence-electron chi connectivity index (χ3n) is 4.83. The molecule has 0 spiro atoms. The highest BCUT2D eigenvalue weighted by molar-refractivity contribution is 5.79. The van der Waals surface area contributed by atoms with Crippen LogP contribution in [-0.2, 0) is 9.53 Å². The zero-order chi connectivity index (χ0) is 15.2. The van der Waals surface area contributed by atoms with Gasteiger partial charge in [0, 0.05) is 0 Å². The van der Waals surface area contributed by atoms with Crippen molar-refractivity contribution in [3.05, 3.63) is 0 Å². The van der Waals surface area contributed by atoms with Crippen LogP contribution in [0.25, 0.3) is 0 Å². The van der Waals surface area contributed by atoms with Crippen LogP contribution in [0.3, 0.4) is 0 Å². The average molecular weight is 284 g/mol. The maximum absolute atomic E-state index is 11.7. The van der Waals surface area contributed by atoms with Crippen LogP contribution in [0, 0.1) is 5.41 Å². The van der Waals surface area contributed by atoms with E-state index in [1.54, 1.807) is 6.92 Å². The van der Waals surface area contributed by atoms with Crippen molar-refractivity contribution in [2.75, 3.05) is 26.2 Å². The summed E-state index contributed by atoms with van der Waals surface area (Å²) in [6.07, 6.45) is 5.47. The minimum absolute atomic E-state index is 0.280. The number of carbonyl (C=O) groups excluding carboxylic acids is 1. The first-order valence-electron chi connectivity index (χ1n) is 8.01. The standard InChI is InChI=1S/C16H32N2O2/c1-5-15(3)9-12-18(13-10-15)11-7-8-16(4,17)14(19)20-6-2/h5-13,17H2,1-4H3. The fraction of sp³-hybridized carbons (Fsp3) is 0.938. The summed E-state index contributed by atoms with van der Waals surface area (Å²) in [7, 11) is 0. The van der Waals surface area contributed by atoms with Crippen molar-refractivity contribution in [3.63, 3.8) is 0 Å². The molecule has 1 rings (SSSR count). The number of hydrogen-bond donors (Lipinski definition) is 1. The van der Waals surface area contributed by atoms with Gasteiger partial charge in [-0.15, -0.1) is 0 Å². The Morgan fingerprint density at radius 3 is 2.45 bits per heavy atom. The molecule has 0 amide bonds. The van der Waals surface area contributed by atoms with Crippen LogP contribution in [0.5, 0.6) is 0 Å². The third-order valence-corrected chi connectivity index (χ3v) is 4.83. The fourth-order valence-electron chi connectivity index (χ4n) is 2.74. The van der Waals surface area contributed by atoms with E-state index in [1.807, 2.05) is 6.92 Å². The molecule has 0 saturated carbocycles. The molecule has 1 saturated heterocycles. The number of nitrogens with two attached hydrogens (primary N) is 1. The zero-order valence-corrected chi connectivity index (χ0v) is 13.7. The molecule has 0 aromatic carbocycles. The second kappa shape index (κ2) is 7.41. The van der Waals surface area contributed by atoms with Crippen molar-refractivity contribution in [3.8, 4) is 0 Å². The van der Waals surface area contributed by atoms with Crippen molar-refractivity contribution in [1.82, 2.24) is 4.90 Å². The molecule has 118 valence electrons. The lowest BCUT2D eigenvalue weighted by Crippen LogP contribution is -2.47. The molecule has 0 aromatic rings. The summed E-state index contributed by atoms with van der Waals surface area (Å²) in [6, 6.07) is 0. The van der Waals surface area contributed by atoms with Crippen LogP contribution in [-0.4, -0.2) is 42.6 Å². The number of piperidine rings is 1. The van der Waals surface area contributed by atoms with Gasteiger partial charge in [-0.2, -0.15) is 0 Å². The minimum atomic E-state index is -0.844. The molecule has 0 bridgehead atoms. The summed E-state index contributed by atoms with van der Waals surface area (Å²) in [5.41, 5.74) is 5.72. The smallest absolute Gasteiger partial charge is 0.325 e. The van der Waals surface area contributed by atoms with Gasteiger partial charge in [-0.1, -0.05) is 20.3 Å². The number of ether oxygens (including phenoxy) is 1. The lowest BCUT2D eigenvalue weighted by Gasteiger charge is -2.39. The molecule has 20 heavy (non-hydrogen) atoms. The summed E-state index contributed by atoms with van der Waals surface area (Å²) >= 11 is 0. The number of esters is 1. The molecule has 1 fully saturated rings. The summed E-state index contributed by atoms with van der Waals surface area (Å²) in [5.74, 6) is -0.280. The Balaban J connectivity index is 2.27. The molecular formula is C16H32N2O2. The normalized spacial score (nSPS) is 22.2. The topological polar surface area (TPSA) is 55.6 Å². The maximum Gasteiger partial charge on any atom is 0.325 e. The summed E-state index contributed by atoms with van der Waals surface area (Å²) in [4.78, 5) is 14.2. The van der Waals surface area contributed by atoms with E-state index >= 15 is 0 Å². The Labute approximate surface area is 124 Å². The second-order valence-electron chi connectivity index (χ2n) is 6.75. The first kappa shape index (κ1) is 17.4. The van der Waals surface area contributed by atoms with E-state index in [1.165, 1.54) is 32.4 Å². The summed E-state index contributed by atoms with van der Waals surface area (Å²) in [5, 5.41) is 0. The fourth-order valence-corrected chi connectivity index (χ4v) is 2.74. The first-order chi connectivity index (χ1) is 9.33. The Bertz CT molecular complexity index is 308. The van der Waals surface area contributed by atoms with Crippen LogP contribution >= 0.6 is 0 Å². The predicted molar refractivity (Wildman–Crippen MR) is 82.5 cm³/mol. The van der Waals surface area contributed by atoms with Gasteiger partial charge in [0.2, 0.25) is 0 Å².